The highest BCUT2D eigenvalue weighted by Crippen LogP contribution is 2.43. The van der Waals surface area contributed by atoms with E-state index in [0.717, 1.165) is 61.7 Å². The first-order valence-electron chi connectivity index (χ1n) is 11.0. The summed E-state index contributed by atoms with van der Waals surface area (Å²) in [5.74, 6) is -0.308. The van der Waals surface area contributed by atoms with Crippen LogP contribution in [-0.4, -0.2) is 34.4 Å². The van der Waals surface area contributed by atoms with Gasteiger partial charge in [0.15, 0.2) is 0 Å². The van der Waals surface area contributed by atoms with E-state index < -0.39 is 5.54 Å². The Kier molecular flexibility index (Phi) is 5.72. The monoisotopic (exact) mass is 499 g/mol. The van der Waals surface area contributed by atoms with Gasteiger partial charge >= 0.3 is 0 Å². The van der Waals surface area contributed by atoms with Crippen LogP contribution in [0.1, 0.15) is 43.6 Å². The average Bonchev–Trinajstić information content (AvgIpc) is 2.76. The third kappa shape index (κ3) is 3.82. The molecule has 1 aromatic heterocycles. The van der Waals surface area contributed by atoms with Crippen LogP contribution in [0.3, 0.4) is 0 Å². The zero-order valence-corrected chi connectivity index (χ0v) is 19.2. The standard InChI is InChI=1S/C25H24BrF2N3O/c26-21-15-18(3-4-22(21)28)30-24(32)25(9-1-10-25)31-12-7-16(8-13-31)19-6-11-29-23-5-2-17(27)14-20(19)23/h2-6,11,14-16H,1,7-10,12-13H2,(H,30,32). The number of piperidine rings is 1. The molecule has 1 aliphatic heterocycles. The van der Waals surface area contributed by atoms with E-state index in [1.165, 1.54) is 12.1 Å². The highest BCUT2D eigenvalue weighted by atomic mass is 79.9. The van der Waals surface area contributed by atoms with Crippen LogP contribution < -0.4 is 5.32 Å². The highest BCUT2D eigenvalue weighted by Gasteiger charge is 2.49. The normalized spacial score (nSPS) is 19.0. The summed E-state index contributed by atoms with van der Waals surface area (Å²) in [7, 11) is 0. The van der Waals surface area contributed by atoms with Crippen molar-refractivity contribution in [2.45, 2.75) is 43.6 Å². The fraction of sp³-hybridized carbons (Fsp3) is 0.360. The van der Waals surface area contributed by atoms with Gasteiger partial charge in [0.25, 0.3) is 0 Å². The van der Waals surface area contributed by atoms with E-state index in [2.05, 4.69) is 31.1 Å². The number of pyridine rings is 1. The highest BCUT2D eigenvalue weighted by molar-refractivity contribution is 9.10. The number of benzene rings is 2. The van der Waals surface area contributed by atoms with Gasteiger partial charge in [-0.05, 0) is 115 Å². The van der Waals surface area contributed by atoms with Crippen LogP contribution in [0, 0.1) is 11.6 Å². The minimum absolute atomic E-state index is 0.0165. The van der Waals surface area contributed by atoms with Crippen molar-refractivity contribution >= 4 is 38.4 Å². The molecule has 0 bridgehead atoms. The number of hydrogen-bond donors (Lipinski definition) is 1. The number of carbonyl (C=O) groups is 1. The molecular weight excluding hydrogens is 476 g/mol. The van der Waals surface area contributed by atoms with Crippen LogP contribution in [-0.2, 0) is 4.79 Å². The van der Waals surface area contributed by atoms with Gasteiger partial charge < -0.3 is 5.32 Å². The minimum atomic E-state index is -0.502. The number of rotatable bonds is 4. The molecule has 1 aliphatic carbocycles. The Morgan fingerprint density at radius 2 is 1.88 bits per heavy atom. The van der Waals surface area contributed by atoms with Gasteiger partial charge in [-0.1, -0.05) is 0 Å². The molecule has 4 nitrogen and oxygen atoms in total. The van der Waals surface area contributed by atoms with E-state index in [-0.39, 0.29) is 17.5 Å². The van der Waals surface area contributed by atoms with Gasteiger partial charge in [-0.2, -0.15) is 0 Å². The number of halogens is 3. The van der Waals surface area contributed by atoms with Crippen molar-refractivity contribution in [3.05, 3.63) is 70.3 Å². The summed E-state index contributed by atoms with van der Waals surface area (Å²) in [6, 6.07) is 11.3. The largest absolute Gasteiger partial charge is 0.324 e. The predicted octanol–water partition coefficient (Wildman–Crippen LogP) is 6.02. The summed E-state index contributed by atoms with van der Waals surface area (Å²) >= 11 is 3.18. The van der Waals surface area contributed by atoms with Crippen molar-refractivity contribution < 1.29 is 13.6 Å². The molecule has 1 saturated carbocycles. The van der Waals surface area contributed by atoms with Crippen molar-refractivity contribution in [2.75, 3.05) is 18.4 Å². The van der Waals surface area contributed by atoms with E-state index in [4.69, 9.17) is 0 Å². The zero-order chi connectivity index (χ0) is 22.3. The smallest absolute Gasteiger partial charge is 0.244 e. The molecule has 1 N–H and O–H groups in total. The Morgan fingerprint density at radius 3 is 2.56 bits per heavy atom. The van der Waals surface area contributed by atoms with Crippen LogP contribution >= 0.6 is 15.9 Å². The summed E-state index contributed by atoms with van der Waals surface area (Å²) in [5.41, 5.74) is 2.04. The lowest BCUT2D eigenvalue weighted by atomic mass is 9.72. The third-order valence-electron chi connectivity index (χ3n) is 7.06. The lowest BCUT2D eigenvalue weighted by molar-refractivity contribution is -0.135. The fourth-order valence-corrected chi connectivity index (χ4v) is 5.51. The minimum Gasteiger partial charge on any atom is -0.324 e. The molecule has 0 atom stereocenters. The maximum absolute atomic E-state index is 13.9. The summed E-state index contributed by atoms with van der Waals surface area (Å²) in [6.45, 7) is 1.62. The number of likely N-dealkylation sites (tertiary alicyclic amines) is 1. The van der Waals surface area contributed by atoms with Gasteiger partial charge in [0, 0.05) is 17.3 Å². The second-order valence-corrected chi connectivity index (χ2v) is 9.65. The molecule has 166 valence electrons. The molecule has 2 aliphatic rings. The van der Waals surface area contributed by atoms with E-state index in [1.54, 1.807) is 30.5 Å². The predicted molar refractivity (Wildman–Crippen MR) is 125 cm³/mol. The lowest BCUT2D eigenvalue weighted by Crippen LogP contribution is -2.62. The molecule has 3 aromatic rings. The molecule has 2 fully saturated rings. The molecule has 2 aromatic carbocycles. The summed E-state index contributed by atoms with van der Waals surface area (Å²) in [6.07, 6.45) is 6.29. The first kappa shape index (κ1) is 21.5. The number of fused-ring (bicyclic) bond motifs is 1. The summed E-state index contributed by atoms with van der Waals surface area (Å²) in [4.78, 5) is 19.9. The quantitative estimate of drug-likeness (QED) is 0.477. The van der Waals surface area contributed by atoms with E-state index >= 15 is 0 Å². The van der Waals surface area contributed by atoms with Crippen molar-refractivity contribution in [3.8, 4) is 0 Å². The van der Waals surface area contributed by atoms with E-state index in [1.807, 2.05) is 6.07 Å². The number of hydrogen-bond acceptors (Lipinski definition) is 3. The van der Waals surface area contributed by atoms with E-state index in [9.17, 15) is 13.6 Å². The van der Waals surface area contributed by atoms with E-state index in [0.29, 0.717) is 16.1 Å². The molecule has 1 saturated heterocycles. The third-order valence-corrected chi connectivity index (χ3v) is 7.67. The molecule has 0 spiro atoms. The number of amides is 1. The van der Waals surface area contributed by atoms with Crippen LogP contribution in [0.25, 0.3) is 10.9 Å². The number of anilines is 1. The summed E-state index contributed by atoms with van der Waals surface area (Å²) < 4.78 is 27.7. The molecule has 1 amide bonds. The van der Waals surface area contributed by atoms with Crippen molar-refractivity contribution in [1.82, 2.24) is 9.88 Å². The maximum atomic E-state index is 13.9. The van der Waals surface area contributed by atoms with Gasteiger partial charge in [0.1, 0.15) is 17.2 Å². The second kappa shape index (κ2) is 8.52. The molecule has 2 heterocycles. The zero-order valence-electron chi connectivity index (χ0n) is 17.6. The molecule has 0 radical (unpaired) electrons. The topological polar surface area (TPSA) is 45.2 Å². The number of carbonyl (C=O) groups excluding carboxylic acids is 1. The van der Waals surface area contributed by atoms with Gasteiger partial charge in [-0.25, -0.2) is 8.78 Å². The van der Waals surface area contributed by atoms with Gasteiger partial charge in [-0.15, -0.1) is 0 Å². The molecular formula is C25H24BrF2N3O. The van der Waals surface area contributed by atoms with Gasteiger partial charge in [-0.3, -0.25) is 14.7 Å². The Bertz CT molecular complexity index is 1170. The first-order chi connectivity index (χ1) is 15.5. The Morgan fingerprint density at radius 1 is 1.09 bits per heavy atom. The first-order valence-corrected chi connectivity index (χ1v) is 11.8. The number of aromatic nitrogens is 1. The Balaban J connectivity index is 1.31. The van der Waals surface area contributed by atoms with Crippen LogP contribution in [0.4, 0.5) is 14.5 Å². The second-order valence-electron chi connectivity index (χ2n) is 8.79. The molecule has 0 unspecified atom stereocenters. The van der Waals surface area contributed by atoms with Crippen molar-refractivity contribution in [3.63, 3.8) is 0 Å². The fourth-order valence-electron chi connectivity index (χ4n) is 5.13. The Labute approximate surface area is 194 Å². The van der Waals surface area contributed by atoms with Crippen LogP contribution in [0.2, 0.25) is 0 Å². The Hall–Kier alpha value is -2.38. The SMILES string of the molecule is O=C(Nc1ccc(F)c(Br)c1)C1(N2CCC(c3ccnc4ccc(F)cc34)CC2)CCC1. The molecule has 7 heteroatoms. The van der Waals surface area contributed by atoms with Gasteiger partial charge in [0.2, 0.25) is 5.91 Å². The lowest BCUT2D eigenvalue weighted by Gasteiger charge is -2.51. The average molecular weight is 500 g/mol. The number of nitrogens with zero attached hydrogens (tertiary/aromatic N) is 2. The van der Waals surface area contributed by atoms with Crippen molar-refractivity contribution in [2.24, 2.45) is 0 Å². The number of nitrogens with one attached hydrogen (secondary N) is 1. The van der Waals surface area contributed by atoms with Crippen molar-refractivity contribution in [1.29, 1.82) is 0 Å². The molecule has 32 heavy (non-hydrogen) atoms. The van der Waals surface area contributed by atoms with Crippen LogP contribution in [0.15, 0.2) is 53.1 Å². The summed E-state index contributed by atoms with van der Waals surface area (Å²) in [5, 5.41) is 3.87. The maximum Gasteiger partial charge on any atom is 0.244 e. The van der Waals surface area contributed by atoms with Crippen LogP contribution in [0.5, 0.6) is 0 Å². The molecule has 5 rings (SSSR count). The van der Waals surface area contributed by atoms with Gasteiger partial charge in [0.05, 0.1) is 9.99 Å².